The zero-order valence-corrected chi connectivity index (χ0v) is 14.9. The van der Waals surface area contributed by atoms with E-state index in [-0.39, 0.29) is 12.5 Å². The second kappa shape index (κ2) is 7.61. The lowest BCUT2D eigenvalue weighted by Crippen LogP contribution is -2.38. The highest BCUT2D eigenvalue weighted by atomic mass is 16.5. The Labute approximate surface area is 156 Å². The fraction of sp³-hybridized carbons (Fsp3) is 0.286. The van der Waals surface area contributed by atoms with Crippen LogP contribution in [0.5, 0.6) is 0 Å². The van der Waals surface area contributed by atoms with Crippen LogP contribution in [0.1, 0.15) is 29.6 Å². The highest BCUT2D eigenvalue weighted by molar-refractivity contribution is 6.05. The normalized spacial score (nSPS) is 14.3. The number of esters is 1. The first kappa shape index (κ1) is 17.3. The van der Waals surface area contributed by atoms with Gasteiger partial charge in [0.1, 0.15) is 5.69 Å². The molecule has 138 valence electrons. The SMILES string of the molecule is O=C(OCC(=O)N1CCCCC1)c1cc(-c2ccco2)nc2ccccc12. The summed E-state index contributed by atoms with van der Waals surface area (Å²) in [6.07, 6.45) is 4.70. The van der Waals surface area contributed by atoms with E-state index >= 15 is 0 Å². The molecule has 3 aromatic rings. The molecule has 0 unspecified atom stereocenters. The number of hydrogen-bond donors (Lipinski definition) is 0. The molecule has 1 amide bonds. The highest BCUT2D eigenvalue weighted by Gasteiger charge is 2.20. The Balaban J connectivity index is 1.58. The third kappa shape index (κ3) is 3.69. The van der Waals surface area contributed by atoms with Crippen LogP contribution in [0.25, 0.3) is 22.4 Å². The minimum absolute atomic E-state index is 0.146. The zero-order valence-electron chi connectivity index (χ0n) is 14.9. The van der Waals surface area contributed by atoms with E-state index in [4.69, 9.17) is 9.15 Å². The largest absolute Gasteiger partial charge is 0.463 e. The monoisotopic (exact) mass is 364 g/mol. The Hall–Kier alpha value is -3.15. The zero-order chi connectivity index (χ0) is 18.6. The number of nitrogens with zero attached hydrogens (tertiary/aromatic N) is 2. The molecule has 1 fully saturated rings. The van der Waals surface area contributed by atoms with Gasteiger partial charge in [0.15, 0.2) is 12.4 Å². The number of benzene rings is 1. The van der Waals surface area contributed by atoms with E-state index < -0.39 is 5.97 Å². The van der Waals surface area contributed by atoms with Gasteiger partial charge >= 0.3 is 5.97 Å². The van der Waals surface area contributed by atoms with Crippen molar-refractivity contribution in [2.45, 2.75) is 19.3 Å². The number of fused-ring (bicyclic) bond motifs is 1. The third-order valence-corrected chi connectivity index (χ3v) is 4.75. The Kier molecular flexibility index (Phi) is 4.87. The average molecular weight is 364 g/mol. The molecule has 0 radical (unpaired) electrons. The quantitative estimate of drug-likeness (QED) is 0.661. The van der Waals surface area contributed by atoms with Gasteiger partial charge in [0.05, 0.1) is 17.3 Å². The molecular formula is C21H20N2O4. The van der Waals surface area contributed by atoms with E-state index in [0.717, 1.165) is 32.4 Å². The molecule has 0 atom stereocenters. The Morgan fingerprint density at radius 1 is 1.07 bits per heavy atom. The van der Waals surface area contributed by atoms with Crippen molar-refractivity contribution >= 4 is 22.8 Å². The number of ether oxygens (including phenoxy) is 1. The first-order valence-electron chi connectivity index (χ1n) is 9.11. The molecule has 1 aromatic carbocycles. The van der Waals surface area contributed by atoms with Crippen molar-refractivity contribution in [3.63, 3.8) is 0 Å². The summed E-state index contributed by atoms with van der Waals surface area (Å²) >= 11 is 0. The lowest BCUT2D eigenvalue weighted by Gasteiger charge is -2.26. The van der Waals surface area contributed by atoms with Gasteiger partial charge in [-0.1, -0.05) is 18.2 Å². The third-order valence-electron chi connectivity index (χ3n) is 4.75. The van der Waals surface area contributed by atoms with Crippen LogP contribution in [0.2, 0.25) is 0 Å². The molecule has 1 aliphatic heterocycles. The van der Waals surface area contributed by atoms with Gasteiger partial charge in [0.25, 0.3) is 5.91 Å². The minimum Gasteiger partial charge on any atom is -0.463 e. The summed E-state index contributed by atoms with van der Waals surface area (Å²) in [6.45, 7) is 1.22. The number of pyridine rings is 1. The summed E-state index contributed by atoms with van der Waals surface area (Å²) in [4.78, 5) is 31.3. The molecule has 0 aliphatic carbocycles. The van der Waals surface area contributed by atoms with E-state index in [0.29, 0.717) is 27.9 Å². The Morgan fingerprint density at radius 2 is 1.89 bits per heavy atom. The first-order chi connectivity index (χ1) is 13.2. The smallest absolute Gasteiger partial charge is 0.339 e. The molecule has 4 rings (SSSR count). The van der Waals surface area contributed by atoms with Crippen LogP contribution >= 0.6 is 0 Å². The molecule has 3 heterocycles. The van der Waals surface area contributed by atoms with Crippen LogP contribution in [0.3, 0.4) is 0 Å². The van der Waals surface area contributed by atoms with Gasteiger partial charge in [-0.05, 0) is 43.5 Å². The molecule has 0 spiro atoms. The number of likely N-dealkylation sites (tertiary alicyclic amines) is 1. The molecule has 27 heavy (non-hydrogen) atoms. The molecule has 1 aliphatic rings. The molecule has 1 saturated heterocycles. The van der Waals surface area contributed by atoms with E-state index in [1.165, 1.54) is 0 Å². The van der Waals surface area contributed by atoms with Crippen molar-refractivity contribution in [3.8, 4) is 11.5 Å². The minimum atomic E-state index is -0.535. The maximum atomic E-state index is 12.7. The van der Waals surface area contributed by atoms with Crippen LogP contribution < -0.4 is 0 Å². The van der Waals surface area contributed by atoms with Crippen LogP contribution in [0.15, 0.2) is 53.1 Å². The molecule has 2 aromatic heterocycles. The maximum Gasteiger partial charge on any atom is 0.339 e. The Bertz CT molecular complexity index is 959. The maximum absolute atomic E-state index is 12.7. The first-order valence-corrected chi connectivity index (χ1v) is 9.11. The number of aromatic nitrogens is 1. The van der Waals surface area contributed by atoms with Gasteiger partial charge < -0.3 is 14.1 Å². The van der Waals surface area contributed by atoms with Crippen LogP contribution in [0, 0.1) is 0 Å². The van der Waals surface area contributed by atoms with Crippen molar-refractivity contribution < 1.29 is 18.7 Å². The number of rotatable bonds is 4. The van der Waals surface area contributed by atoms with Crippen LogP contribution in [-0.4, -0.2) is 41.5 Å². The molecule has 6 nitrogen and oxygen atoms in total. The predicted molar refractivity (Wildman–Crippen MR) is 100 cm³/mol. The molecule has 6 heteroatoms. The number of furan rings is 1. The van der Waals surface area contributed by atoms with E-state index in [9.17, 15) is 9.59 Å². The lowest BCUT2D eigenvalue weighted by atomic mass is 10.1. The van der Waals surface area contributed by atoms with E-state index in [2.05, 4.69) is 4.98 Å². The van der Waals surface area contributed by atoms with Crippen molar-refractivity contribution in [1.82, 2.24) is 9.88 Å². The molecule has 0 bridgehead atoms. The standard InChI is InChI=1S/C21H20N2O4/c24-20(23-10-4-1-5-11-23)14-27-21(25)16-13-18(19-9-6-12-26-19)22-17-8-3-2-7-15(16)17/h2-3,6-9,12-13H,1,4-5,10-11,14H2. The van der Waals surface area contributed by atoms with Crippen molar-refractivity contribution in [2.75, 3.05) is 19.7 Å². The number of para-hydroxylation sites is 1. The van der Waals surface area contributed by atoms with Crippen LogP contribution in [-0.2, 0) is 9.53 Å². The number of piperidine rings is 1. The molecule has 0 saturated carbocycles. The second-order valence-corrected chi connectivity index (χ2v) is 6.57. The molecular weight excluding hydrogens is 344 g/mol. The lowest BCUT2D eigenvalue weighted by molar-refractivity contribution is -0.135. The summed E-state index contributed by atoms with van der Waals surface area (Å²) in [5.41, 5.74) is 1.59. The highest BCUT2D eigenvalue weighted by Crippen LogP contribution is 2.25. The number of carbonyl (C=O) groups excluding carboxylic acids is 2. The molecule has 0 N–H and O–H groups in total. The van der Waals surface area contributed by atoms with Crippen molar-refractivity contribution in [1.29, 1.82) is 0 Å². The van der Waals surface area contributed by atoms with Gasteiger partial charge in [0, 0.05) is 18.5 Å². The van der Waals surface area contributed by atoms with Crippen molar-refractivity contribution in [2.24, 2.45) is 0 Å². The van der Waals surface area contributed by atoms with Gasteiger partial charge in [-0.15, -0.1) is 0 Å². The average Bonchev–Trinajstić information content (AvgIpc) is 3.26. The Morgan fingerprint density at radius 3 is 2.67 bits per heavy atom. The van der Waals surface area contributed by atoms with E-state index in [1.54, 1.807) is 29.4 Å². The number of amides is 1. The van der Waals surface area contributed by atoms with Gasteiger partial charge in [-0.2, -0.15) is 0 Å². The van der Waals surface area contributed by atoms with Gasteiger partial charge in [-0.3, -0.25) is 4.79 Å². The fourth-order valence-corrected chi connectivity index (χ4v) is 3.33. The van der Waals surface area contributed by atoms with Crippen molar-refractivity contribution in [3.05, 3.63) is 54.3 Å². The topological polar surface area (TPSA) is 72.6 Å². The number of carbonyl (C=O) groups is 2. The summed E-state index contributed by atoms with van der Waals surface area (Å²) in [5.74, 6) is -0.112. The predicted octanol–water partition coefficient (Wildman–Crippen LogP) is 3.66. The summed E-state index contributed by atoms with van der Waals surface area (Å²) in [6, 6.07) is 12.5. The summed E-state index contributed by atoms with van der Waals surface area (Å²) < 4.78 is 10.7. The summed E-state index contributed by atoms with van der Waals surface area (Å²) in [7, 11) is 0. The van der Waals surface area contributed by atoms with Crippen LogP contribution in [0.4, 0.5) is 0 Å². The number of hydrogen-bond acceptors (Lipinski definition) is 5. The fourth-order valence-electron chi connectivity index (χ4n) is 3.33. The summed E-state index contributed by atoms with van der Waals surface area (Å²) in [5, 5.41) is 0.684. The van der Waals surface area contributed by atoms with Gasteiger partial charge in [-0.25, -0.2) is 9.78 Å². The van der Waals surface area contributed by atoms with Gasteiger partial charge in [0.2, 0.25) is 0 Å². The van der Waals surface area contributed by atoms with E-state index in [1.807, 2.05) is 24.3 Å². The second-order valence-electron chi connectivity index (χ2n) is 6.57.